The quantitative estimate of drug-likeness (QED) is 0.894. The lowest BCUT2D eigenvalue weighted by molar-refractivity contribution is -0.137. The first-order valence-corrected chi connectivity index (χ1v) is 9.64. The van der Waals surface area contributed by atoms with Crippen molar-refractivity contribution in [1.82, 2.24) is 14.7 Å². The van der Waals surface area contributed by atoms with Gasteiger partial charge in [-0.3, -0.25) is 4.79 Å². The minimum Gasteiger partial charge on any atom is -0.338 e. The van der Waals surface area contributed by atoms with E-state index >= 15 is 0 Å². The summed E-state index contributed by atoms with van der Waals surface area (Å²) in [7, 11) is 1.84. The average Bonchev–Trinajstić information content (AvgIpc) is 3.16. The van der Waals surface area contributed by atoms with Crippen LogP contribution in [-0.2, 0) is 11.3 Å². The first-order valence-electron chi connectivity index (χ1n) is 9.64. The zero-order valence-electron chi connectivity index (χ0n) is 15.6. The van der Waals surface area contributed by atoms with Gasteiger partial charge in [-0.15, -0.1) is 0 Å². The molecule has 26 heavy (non-hydrogen) atoms. The van der Waals surface area contributed by atoms with Crippen molar-refractivity contribution in [3.63, 3.8) is 0 Å². The molecule has 2 saturated heterocycles. The largest absolute Gasteiger partial charge is 0.338 e. The standard InChI is InChI=1S/C20H30N4O2/c1-22(15-16-6-3-2-4-7-16)20(26)23-12-9-17(10-13-23)19(25)24-11-5-8-18(24)14-21/h2-4,6-7,17-18H,5,8-15,21H2,1H3. The number of benzene rings is 1. The third kappa shape index (κ3) is 4.18. The van der Waals surface area contributed by atoms with Crippen molar-refractivity contribution in [2.45, 2.75) is 38.3 Å². The summed E-state index contributed by atoms with van der Waals surface area (Å²) in [5, 5.41) is 0. The summed E-state index contributed by atoms with van der Waals surface area (Å²) in [5.41, 5.74) is 6.92. The van der Waals surface area contributed by atoms with Gasteiger partial charge >= 0.3 is 6.03 Å². The number of likely N-dealkylation sites (tertiary alicyclic amines) is 2. The van der Waals surface area contributed by atoms with Gasteiger partial charge in [0.2, 0.25) is 5.91 Å². The lowest BCUT2D eigenvalue weighted by Crippen LogP contribution is -2.49. The van der Waals surface area contributed by atoms with Crippen LogP contribution in [0, 0.1) is 5.92 Å². The number of hydrogen-bond donors (Lipinski definition) is 1. The number of hydrogen-bond acceptors (Lipinski definition) is 3. The maximum absolute atomic E-state index is 12.8. The molecule has 1 aromatic rings. The summed E-state index contributed by atoms with van der Waals surface area (Å²) in [6.45, 7) is 3.28. The third-order valence-corrected chi connectivity index (χ3v) is 5.64. The molecule has 3 amide bonds. The van der Waals surface area contributed by atoms with Gasteiger partial charge in [0, 0.05) is 51.7 Å². The van der Waals surface area contributed by atoms with E-state index in [1.807, 2.05) is 47.2 Å². The molecule has 0 aromatic heterocycles. The molecule has 1 unspecified atom stereocenters. The molecule has 2 heterocycles. The van der Waals surface area contributed by atoms with Gasteiger partial charge in [0.15, 0.2) is 0 Å². The van der Waals surface area contributed by atoms with Crippen molar-refractivity contribution < 1.29 is 9.59 Å². The number of piperidine rings is 1. The Labute approximate surface area is 155 Å². The van der Waals surface area contributed by atoms with Gasteiger partial charge in [-0.25, -0.2) is 4.79 Å². The molecule has 0 spiro atoms. The zero-order chi connectivity index (χ0) is 18.5. The summed E-state index contributed by atoms with van der Waals surface area (Å²) < 4.78 is 0. The van der Waals surface area contributed by atoms with E-state index in [0.717, 1.165) is 37.8 Å². The van der Waals surface area contributed by atoms with Crippen LogP contribution in [-0.4, -0.2) is 65.9 Å². The van der Waals surface area contributed by atoms with Gasteiger partial charge in [0.05, 0.1) is 0 Å². The second kappa shape index (κ2) is 8.54. The predicted molar refractivity (Wildman–Crippen MR) is 101 cm³/mol. The predicted octanol–water partition coefficient (Wildman–Crippen LogP) is 1.90. The van der Waals surface area contributed by atoms with E-state index in [2.05, 4.69) is 0 Å². The van der Waals surface area contributed by atoms with Crippen LogP contribution in [0.1, 0.15) is 31.2 Å². The van der Waals surface area contributed by atoms with Gasteiger partial charge in [-0.1, -0.05) is 30.3 Å². The highest BCUT2D eigenvalue weighted by Crippen LogP contribution is 2.25. The van der Waals surface area contributed by atoms with Crippen LogP contribution in [0.25, 0.3) is 0 Å². The monoisotopic (exact) mass is 358 g/mol. The smallest absolute Gasteiger partial charge is 0.320 e. The fourth-order valence-electron chi connectivity index (χ4n) is 4.09. The molecule has 1 atom stereocenters. The molecule has 142 valence electrons. The Morgan fingerprint density at radius 1 is 1.12 bits per heavy atom. The SMILES string of the molecule is CN(Cc1ccccc1)C(=O)N1CCC(C(=O)N2CCCC2CN)CC1. The van der Waals surface area contributed by atoms with Gasteiger partial charge < -0.3 is 20.4 Å². The minimum absolute atomic E-state index is 0.0330. The molecule has 2 N–H and O–H groups in total. The first kappa shape index (κ1) is 18.7. The van der Waals surface area contributed by atoms with E-state index < -0.39 is 0 Å². The summed E-state index contributed by atoms with van der Waals surface area (Å²) in [6, 6.07) is 10.2. The molecule has 2 aliphatic heterocycles. The lowest BCUT2D eigenvalue weighted by Gasteiger charge is -2.36. The molecule has 0 radical (unpaired) electrons. The molecule has 6 heteroatoms. The minimum atomic E-state index is 0.0330. The Morgan fingerprint density at radius 3 is 2.46 bits per heavy atom. The van der Waals surface area contributed by atoms with Crippen molar-refractivity contribution in [2.24, 2.45) is 11.7 Å². The van der Waals surface area contributed by atoms with E-state index in [1.165, 1.54) is 0 Å². The molecule has 1 aromatic carbocycles. The van der Waals surface area contributed by atoms with Crippen LogP contribution in [0.15, 0.2) is 30.3 Å². The van der Waals surface area contributed by atoms with Crippen molar-refractivity contribution in [3.8, 4) is 0 Å². The third-order valence-electron chi connectivity index (χ3n) is 5.64. The van der Waals surface area contributed by atoms with E-state index in [4.69, 9.17) is 5.73 Å². The first-order chi connectivity index (χ1) is 12.6. The molecular formula is C20H30N4O2. The number of nitrogens with zero attached hydrogens (tertiary/aromatic N) is 3. The fourth-order valence-corrected chi connectivity index (χ4v) is 4.09. The molecule has 3 rings (SSSR count). The van der Waals surface area contributed by atoms with Crippen LogP contribution in [0.4, 0.5) is 4.79 Å². The summed E-state index contributed by atoms with van der Waals surface area (Å²) in [5.74, 6) is 0.272. The van der Waals surface area contributed by atoms with Gasteiger partial charge in [0.1, 0.15) is 0 Å². The van der Waals surface area contributed by atoms with E-state index in [9.17, 15) is 9.59 Å². The Hall–Kier alpha value is -2.08. The summed E-state index contributed by atoms with van der Waals surface area (Å²) in [4.78, 5) is 31.1. The Balaban J connectivity index is 1.50. The number of carbonyl (C=O) groups excluding carboxylic acids is 2. The maximum Gasteiger partial charge on any atom is 0.320 e. The lowest BCUT2D eigenvalue weighted by atomic mass is 9.95. The highest BCUT2D eigenvalue weighted by atomic mass is 16.2. The van der Waals surface area contributed by atoms with Crippen molar-refractivity contribution in [3.05, 3.63) is 35.9 Å². The number of rotatable bonds is 4. The molecule has 2 fully saturated rings. The van der Waals surface area contributed by atoms with Crippen molar-refractivity contribution in [2.75, 3.05) is 33.2 Å². The van der Waals surface area contributed by atoms with Crippen molar-refractivity contribution >= 4 is 11.9 Å². The van der Waals surface area contributed by atoms with E-state index in [1.54, 1.807) is 4.90 Å². The van der Waals surface area contributed by atoms with Gasteiger partial charge in [-0.2, -0.15) is 0 Å². The Kier molecular flexibility index (Phi) is 6.14. The number of carbonyl (C=O) groups is 2. The topological polar surface area (TPSA) is 69.9 Å². The fraction of sp³-hybridized carbons (Fsp3) is 0.600. The highest BCUT2D eigenvalue weighted by Gasteiger charge is 2.35. The maximum atomic E-state index is 12.8. The number of nitrogens with two attached hydrogens (primary N) is 1. The Morgan fingerprint density at radius 2 is 1.81 bits per heavy atom. The average molecular weight is 358 g/mol. The molecule has 0 aliphatic carbocycles. The van der Waals surface area contributed by atoms with E-state index in [-0.39, 0.29) is 23.9 Å². The van der Waals surface area contributed by atoms with Gasteiger partial charge in [0.25, 0.3) is 0 Å². The summed E-state index contributed by atoms with van der Waals surface area (Å²) >= 11 is 0. The van der Waals surface area contributed by atoms with Crippen LogP contribution in [0.3, 0.4) is 0 Å². The highest BCUT2D eigenvalue weighted by molar-refractivity contribution is 5.80. The number of urea groups is 1. The normalized spacial score (nSPS) is 21.1. The summed E-state index contributed by atoms with van der Waals surface area (Å²) in [6.07, 6.45) is 3.56. The van der Waals surface area contributed by atoms with E-state index in [0.29, 0.717) is 26.2 Å². The Bertz CT molecular complexity index is 613. The number of amides is 3. The molecule has 2 aliphatic rings. The van der Waals surface area contributed by atoms with Crippen LogP contribution < -0.4 is 5.73 Å². The molecule has 6 nitrogen and oxygen atoms in total. The van der Waals surface area contributed by atoms with Crippen LogP contribution in [0.5, 0.6) is 0 Å². The van der Waals surface area contributed by atoms with Crippen LogP contribution >= 0.6 is 0 Å². The van der Waals surface area contributed by atoms with Gasteiger partial charge in [-0.05, 0) is 31.2 Å². The second-order valence-electron chi connectivity index (χ2n) is 7.45. The molecule has 0 saturated carbocycles. The van der Waals surface area contributed by atoms with Crippen LogP contribution in [0.2, 0.25) is 0 Å². The van der Waals surface area contributed by atoms with Crippen molar-refractivity contribution in [1.29, 1.82) is 0 Å². The second-order valence-corrected chi connectivity index (χ2v) is 7.45. The molecular weight excluding hydrogens is 328 g/mol. The molecule has 0 bridgehead atoms. The zero-order valence-corrected chi connectivity index (χ0v) is 15.6.